The molecule has 2 atom stereocenters. The number of hydrazine groups is 1. The molecule has 27 heavy (non-hydrogen) atoms. The van der Waals surface area contributed by atoms with Crippen LogP contribution in [0.4, 0.5) is 15.8 Å². The van der Waals surface area contributed by atoms with Crippen LogP contribution in [0.2, 0.25) is 0 Å². The van der Waals surface area contributed by atoms with E-state index in [1.807, 2.05) is 19.9 Å². The van der Waals surface area contributed by atoms with E-state index < -0.39 is 33.0 Å². The highest BCUT2D eigenvalue weighted by atomic mass is 32.2. The van der Waals surface area contributed by atoms with Gasteiger partial charge < -0.3 is 5.32 Å². The van der Waals surface area contributed by atoms with Gasteiger partial charge in [0.15, 0.2) is 5.37 Å². The highest BCUT2D eigenvalue weighted by Crippen LogP contribution is 2.22. The third-order valence-corrected chi connectivity index (χ3v) is 5.85. The van der Waals surface area contributed by atoms with Crippen LogP contribution in [0.5, 0.6) is 0 Å². The summed E-state index contributed by atoms with van der Waals surface area (Å²) in [5.74, 6) is -2.11. The molecule has 3 rings (SSSR count). The first-order valence-electron chi connectivity index (χ1n) is 8.40. The quantitative estimate of drug-likeness (QED) is 0.623. The number of halogens is 1. The molecule has 1 amide bonds. The maximum Gasteiger partial charge on any atom is 0.250 e. The smallest absolute Gasteiger partial charge is 0.250 e. The first kappa shape index (κ1) is 19.3. The van der Waals surface area contributed by atoms with Crippen molar-refractivity contribution in [3.63, 3.8) is 0 Å². The van der Waals surface area contributed by atoms with Crippen LogP contribution in [0.25, 0.3) is 0 Å². The Morgan fingerprint density at radius 3 is 2.48 bits per heavy atom. The van der Waals surface area contributed by atoms with Gasteiger partial charge in [-0.2, -0.15) is 0 Å². The van der Waals surface area contributed by atoms with Gasteiger partial charge in [0.2, 0.25) is 5.91 Å². The van der Waals surface area contributed by atoms with Gasteiger partial charge in [0.25, 0.3) is 10.0 Å². The van der Waals surface area contributed by atoms with Gasteiger partial charge in [-0.25, -0.2) is 18.2 Å². The lowest BCUT2D eigenvalue weighted by molar-refractivity contribution is -0.119. The molecule has 1 saturated heterocycles. The molecule has 0 radical (unpaired) electrons. The van der Waals surface area contributed by atoms with Gasteiger partial charge in [0.05, 0.1) is 11.6 Å². The normalized spacial score (nSPS) is 19.7. The Balaban J connectivity index is 1.78. The largest absolute Gasteiger partial charge is 0.323 e. The molecule has 1 fully saturated rings. The Kier molecular flexibility index (Phi) is 5.45. The zero-order chi connectivity index (χ0) is 19.6. The lowest BCUT2D eigenvalue weighted by Crippen LogP contribution is -2.45. The van der Waals surface area contributed by atoms with Crippen LogP contribution in [-0.2, 0) is 14.8 Å². The third kappa shape index (κ3) is 4.44. The molecule has 1 heterocycles. The number of anilines is 2. The second kappa shape index (κ2) is 7.63. The summed E-state index contributed by atoms with van der Waals surface area (Å²) >= 11 is 0. The minimum Gasteiger partial charge on any atom is -0.323 e. The Morgan fingerprint density at radius 2 is 1.81 bits per heavy atom. The monoisotopic (exact) mass is 392 g/mol. The molecule has 0 aliphatic carbocycles. The fourth-order valence-electron chi connectivity index (χ4n) is 3.05. The second-order valence-electron chi connectivity index (χ2n) is 6.54. The summed E-state index contributed by atoms with van der Waals surface area (Å²) in [4.78, 5) is 12.5. The van der Waals surface area contributed by atoms with Crippen molar-refractivity contribution in [2.24, 2.45) is 5.92 Å². The summed E-state index contributed by atoms with van der Waals surface area (Å²) in [6.07, 6.45) is 0. The number of para-hydroxylation sites is 1. The van der Waals surface area contributed by atoms with Crippen molar-refractivity contribution in [3.8, 4) is 0 Å². The number of carbonyl (C=O) groups excluding carboxylic acids is 1. The molecule has 7 nitrogen and oxygen atoms in total. The number of sulfonamides is 1. The molecule has 144 valence electrons. The van der Waals surface area contributed by atoms with Crippen LogP contribution >= 0.6 is 0 Å². The number of carbonyl (C=O) groups is 1. The highest BCUT2D eigenvalue weighted by Gasteiger charge is 2.42. The van der Waals surface area contributed by atoms with Crippen LogP contribution in [-0.4, -0.2) is 26.2 Å². The minimum absolute atomic E-state index is 0.00724. The van der Waals surface area contributed by atoms with Crippen LogP contribution in [0, 0.1) is 25.6 Å². The SMILES string of the molecule is Cc1cc(C)cc(NS(=O)(=O)C2NNCC2C(=O)Nc2ccccc2F)c1. The summed E-state index contributed by atoms with van der Waals surface area (Å²) in [6, 6.07) is 11.1. The molecular weight excluding hydrogens is 371 g/mol. The van der Waals surface area contributed by atoms with Gasteiger partial charge in [0.1, 0.15) is 5.82 Å². The van der Waals surface area contributed by atoms with E-state index >= 15 is 0 Å². The fraction of sp³-hybridized carbons (Fsp3) is 0.278. The zero-order valence-corrected chi connectivity index (χ0v) is 15.7. The Bertz CT molecular complexity index is 945. The van der Waals surface area contributed by atoms with E-state index in [2.05, 4.69) is 20.9 Å². The van der Waals surface area contributed by atoms with Crippen LogP contribution in [0.1, 0.15) is 11.1 Å². The first-order chi connectivity index (χ1) is 12.8. The number of hydrogen-bond donors (Lipinski definition) is 4. The molecule has 0 spiro atoms. The summed E-state index contributed by atoms with van der Waals surface area (Å²) in [7, 11) is -3.92. The van der Waals surface area contributed by atoms with E-state index in [1.165, 1.54) is 18.2 Å². The maximum atomic E-state index is 13.8. The van der Waals surface area contributed by atoms with Gasteiger partial charge in [-0.1, -0.05) is 18.2 Å². The second-order valence-corrected chi connectivity index (χ2v) is 8.35. The molecule has 2 aromatic rings. The average molecular weight is 392 g/mol. The number of aryl methyl sites for hydroxylation is 2. The Hall–Kier alpha value is -2.49. The van der Waals surface area contributed by atoms with E-state index in [0.29, 0.717) is 5.69 Å². The van der Waals surface area contributed by atoms with Gasteiger partial charge in [-0.05, 0) is 49.2 Å². The molecule has 0 bridgehead atoms. The van der Waals surface area contributed by atoms with Crippen molar-refractivity contribution in [1.29, 1.82) is 0 Å². The summed E-state index contributed by atoms with van der Waals surface area (Å²) in [5, 5.41) is 1.25. The summed E-state index contributed by atoms with van der Waals surface area (Å²) < 4.78 is 41.9. The fourth-order valence-corrected chi connectivity index (χ4v) is 4.51. The van der Waals surface area contributed by atoms with Gasteiger partial charge in [-0.3, -0.25) is 14.9 Å². The summed E-state index contributed by atoms with van der Waals surface area (Å²) in [5.41, 5.74) is 7.58. The molecule has 9 heteroatoms. The summed E-state index contributed by atoms with van der Waals surface area (Å²) in [6.45, 7) is 3.83. The molecular formula is C18H21FN4O3S. The van der Waals surface area contributed by atoms with Crippen molar-refractivity contribution in [3.05, 3.63) is 59.4 Å². The number of nitrogens with one attached hydrogen (secondary N) is 4. The van der Waals surface area contributed by atoms with Crippen molar-refractivity contribution in [2.75, 3.05) is 16.6 Å². The van der Waals surface area contributed by atoms with Crippen LogP contribution in [0.15, 0.2) is 42.5 Å². The minimum atomic E-state index is -3.92. The lowest BCUT2D eigenvalue weighted by atomic mass is 10.1. The number of rotatable bonds is 5. The number of amides is 1. The molecule has 1 aliphatic heterocycles. The van der Waals surface area contributed by atoms with E-state index in [1.54, 1.807) is 18.2 Å². The van der Waals surface area contributed by atoms with Crippen LogP contribution in [0.3, 0.4) is 0 Å². The van der Waals surface area contributed by atoms with E-state index in [-0.39, 0.29) is 12.2 Å². The van der Waals surface area contributed by atoms with Crippen LogP contribution < -0.4 is 20.9 Å². The van der Waals surface area contributed by atoms with Crippen molar-refractivity contribution < 1.29 is 17.6 Å². The predicted octanol–water partition coefficient (Wildman–Crippen LogP) is 1.87. The van der Waals surface area contributed by atoms with E-state index in [0.717, 1.165) is 11.1 Å². The van der Waals surface area contributed by atoms with Gasteiger partial charge in [-0.15, -0.1) is 0 Å². The highest BCUT2D eigenvalue weighted by molar-refractivity contribution is 7.93. The number of benzene rings is 2. The number of hydrogen-bond acceptors (Lipinski definition) is 5. The van der Waals surface area contributed by atoms with Crippen molar-refractivity contribution in [2.45, 2.75) is 19.2 Å². The topological polar surface area (TPSA) is 99.3 Å². The Morgan fingerprint density at radius 1 is 1.15 bits per heavy atom. The molecule has 2 unspecified atom stereocenters. The molecule has 2 aromatic carbocycles. The van der Waals surface area contributed by atoms with Gasteiger partial charge >= 0.3 is 0 Å². The van der Waals surface area contributed by atoms with E-state index in [4.69, 9.17) is 0 Å². The first-order valence-corrected chi connectivity index (χ1v) is 9.94. The standard InChI is InChI=1S/C18H21FN4O3S/c1-11-7-12(2)9-13(8-11)23-27(25,26)18-14(10-20-22-18)17(24)21-16-6-4-3-5-15(16)19/h3-9,14,18,20,22-23H,10H2,1-2H3,(H,21,24). The molecule has 0 aromatic heterocycles. The molecule has 4 N–H and O–H groups in total. The molecule has 0 saturated carbocycles. The van der Waals surface area contributed by atoms with Crippen molar-refractivity contribution in [1.82, 2.24) is 10.9 Å². The maximum absolute atomic E-state index is 13.8. The van der Waals surface area contributed by atoms with Gasteiger partial charge in [0, 0.05) is 12.2 Å². The van der Waals surface area contributed by atoms with Crippen molar-refractivity contribution >= 4 is 27.3 Å². The zero-order valence-electron chi connectivity index (χ0n) is 14.9. The van der Waals surface area contributed by atoms with E-state index in [9.17, 15) is 17.6 Å². The third-order valence-electron chi connectivity index (χ3n) is 4.22. The molecule has 1 aliphatic rings. The average Bonchev–Trinajstić information content (AvgIpc) is 3.06. The lowest BCUT2D eigenvalue weighted by Gasteiger charge is -2.20. The predicted molar refractivity (Wildman–Crippen MR) is 102 cm³/mol. The Labute approximate surface area is 157 Å².